The first-order chi connectivity index (χ1) is 16.2. The topological polar surface area (TPSA) is 84.5 Å². The van der Waals surface area contributed by atoms with E-state index in [4.69, 9.17) is 19.8 Å². The Hall–Kier alpha value is -3.20. The van der Waals surface area contributed by atoms with Gasteiger partial charge in [0.25, 0.3) is 0 Å². The standard InChI is InChI=1S/C27H34N2O4/c1-2-17-33-25-20-21(32-18-11-14-26(30)31)19-23-22-12-7-8-13-24(22)29(27(23)25)16-10-6-4-3-5-9-15-28/h7-8,12-13,19-20H,2-6,9-11,14,16-18H2,1H3,(H,30,31). The number of nitrogens with zero attached hydrogens (tertiary/aromatic N) is 2. The number of ether oxygens (including phenoxy) is 2. The quantitative estimate of drug-likeness (QED) is 0.261. The predicted molar refractivity (Wildman–Crippen MR) is 131 cm³/mol. The molecule has 33 heavy (non-hydrogen) atoms. The number of rotatable bonds is 15. The molecule has 0 atom stereocenters. The molecule has 0 aliphatic carbocycles. The van der Waals surface area contributed by atoms with Gasteiger partial charge in [-0.2, -0.15) is 5.26 Å². The van der Waals surface area contributed by atoms with Crippen LogP contribution in [0.4, 0.5) is 0 Å². The molecule has 0 aliphatic heterocycles. The van der Waals surface area contributed by atoms with Gasteiger partial charge in [0, 0.05) is 41.7 Å². The summed E-state index contributed by atoms with van der Waals surface area (Å²) in [6.45, 7) is 3.97. The molecule has 3 rings (SSSR count). The largest absolute Gasteiger partial charge is 0.493 e. The molecule has 3 aromatic rings. The molecule has 0 saturated heterocycles. The van der Waals surface area contributed by atoms with Crippen molar-refractivity contribution in [1.82, 2.24) is 4.57 Å². The highest BCUT2D eigenvalue weighted by molar-refractivity contribution is 6.10. The van der Waals surface area contributed by atoms with Gasteiger partial charge in [-0.15, -0.1) is 0 Å². The highest BCUT2D eigenvalue weighted by atomic mass is 16.5. The lowest BCUT2D eigenvalue weighted by atomic mass is 10.1. The Morgan fingerprint density at radius 2 is 1.79 bits per heavy atom. The maximum Gasteiger partial charge on any atom is 0.303 e. The molecule has 0 saturated carbocycles. The van der Waals surface area contributed by atoms with Crippen LogP contribution in [0.3, 0.4) is 0 Å². The Bertz CT molecular complexity index is 1100. The highest BCUT2D eigenvalue weighted by Gasteiger charge is 2.17. The molecular formula is C27H34N2O4. The number of fused-ring (bicyclic) bond motifs is 3. The van der Waals surface area contributed by atoms with Crippen LogP contribution in [-0.2, 0) is 11.3 Å². The van der Waals surface area contributed by atoms with Crippen molar-refractivity contribution in [3.63, 3.8) is 0 Å². The minimum Gasteiger partial charge on any atom is -0.493 e. The van der Waals surface area contributed by atoms with Crippen molar-refractivity contribution >= 4 is 27.8 Å². The van der Waals surface area contributed by atoms with Crippen molar-refractivity contribution in [2.75, 3.05) is 13.2 Å². The van der Waals surface area contributed by atoms with Crippen LogP contribution in [0.5, 0.6) is 11.5 Å². The van der Waals surface area contributed by atoms with Gasteiger partial charge in [-0.25, -0.2) is 0 Å². The number of nitriles is 1. The van der Waals surface area contributed by atoms with E-state index in [0.29, 0.717) is 31.8 Å². The molecule has 0 bridgehead atoms. The van der Waals surface area contributed by atoms with Gasteiger partial charge in [0.15, 0.2) is 0 Å². The summed E-state index contributed by atoms with van der Waals surface area (Å²) >= 11 is 0. The predicted octanol–water partition coefficient (Wildman–Crippen LogP) is 6.69. The maximum atomic E-state index is 10.8. The number of carboxylic acids is 1. The van der Waals surface area contributed by atoms with Crippen LogP contribution < -0.4 is 9.47 Å². The summed E-state index contributed by atoms with van der Waals surface area (Å²) in [6.07, 6.45) is 7.55. The molecule has 6 heteroatoms. The number of hydrogen-bond donors (Lipinski definition) is 1. The van der Waals surface area contributed by atoms with Crippen LogP contribution in [0, 0.1) is 11.3 Å². The molecule has 1 aromatic heterocycles. The van der Waals surface area contributed by atoms with Crippen LogP contribution in [0.2, 0.25) is 0 Å². The first-order valence-corrected chi connectivity index (χ1v) is 12.0. The first kappa shape index (κ1) is 24.4. The second-order valence-electron chi connectivity index (χ2n) is 8.36. The molecule has 0 unspecified atom stereocenters. The SMILES string of the molecule is CCCOc1cc(OCCCC(=O)O)cc2c3ccccc3n(CCCCCCCC#N)c12. The van der Waals surface area contributed by atoms with Crippen molar-refractivity contribution in [2.24, 2.45) is 0 Å². The number of aryl methyl sites for hydroxylation is 1. The molecule has 0 amide bonds. The Labute approximate surface area is 195 Å². The van der Waals surface area contributed by atoms with E-state index in [1.807, 2.05) is 12.1 Å². The van der Waals surface area contributed by atoms with E-state index < -0.39 is 5.97 Å². The van der Waals surface area contributed by atoms with Crippen molar-refractivity contribution in [2.45, 2.75) is 71.3 Å². The fraction of sp³-hybridized carbons (Fsp3) is 0.481. The number of hydrogen-bond acceptors (Lipinski definition) is 4. The molecule has 0 fully saturated rings. The third-order valence-corrected chi connectivity index (χ3v) is 5.74. The summed E-state index contributed by atoms with van der Waals surface area (Å²) in [5.74, 6) is 0.710. The van der Waals surface area contributed by atoms with Gasteiger partial charge in [0.05, 0.1) is 24.8 Å². The zero-order valence-corrected chi connectivity index (χ0v) is 19.5. The van der Waals surface area contributed by atoms with E-state index in [1.165, 1.54) is 10.9 Å². The lowest BCUT2D eigenvalue weighted by molar-refractivity contribution is -0.137. The molecule has 2 aromatic carbocycles. The molecule has 6 nitrogen and oxygen atoms in total. The lowest BCUT2D eigenvalue weighted by Gasteiger charge is -2.14. The molecular weight excluding hydrogens is 416 g/mol. The van der Waals surface area contributed by atoms with Crippen LogP contribution in [0.1, 0.15) is 64.7 Å². The molecule has 0 radical (unpaired) electrons. The lowest BCUT2D eigenvalue weighted by Crippen LogP contribution is -2.04. The van der Waals surface area contributed by atoms with Gasteiger partial charge < -0.3 is 19.1 Å². The molecule has 0 aliphatic rings. The van der Waals surface area contributed by atoms with E-state index in [1.54, 1.807) is 0 Å². The monoisotopic (exact) mass is 450 g/mol. The van der Waals surface area contributed by atoms with Gasteiger partial charge in [0.2, 0.25) is 0 Å². The van der Waals surface area contributed by atoms with Crippen LogP contribution in [0.15, 0.2) is 36.4 Å². The second-order valence-corrected chi connectivity index (χ2v) is 8.36. The number of carbonyl (C=O) groups is 1. The normalized spacial score (nSPS) is 11.0. The van der Waals surface area contributed by atoms with Crippen LogP contribution in [-0.4, -0.2) is 28.9 Å². The number of unbranched alkanes of at least 4 members (excludes halogenated alkanes) is 5. The van der Waals surface area contributed by atoms with Gasteiger partial charge >= 0.3 is 5.97 Å². The summed E-state index contributed by atoms with van der Waals surface area (Å²) in [5.41, 5.74) is 2.27. The second kappa shape index (κ2) is 12.7. The Morgan fingerprint density at radius 3 is 2.58 bits per heavy atom. The van der Waals surface area contributed by atoms with E-state index in [9.17, 15) is 4.79 Å². The molecule has 176 valence electrons. The molecule has 1 N–H and O–H groups in total. The third kappa shape index (κ3) is 6.64. The molecule has 0 spiro atoms. The Balaban J connectivity index is 1.87. The van der Waals surface area contributed by atoms with E-state index in [2.05, 4.69) is 41.8 Å². The van der Waals surface area contributed by atoms with Crippen molar-refractivity contribution in [3.8, 4) is 17.6 Å². The Morgan fingerprint density at radius 1 is 1.00 bits per heavy atom. The average molecular weight is 451 g/mol. The zero-order chi connectivity index (χ0) is 23.5. The van der Waals surface area contributed by atoms with Crippen LogP contribution >= 0.6 is 0 Å². The number of benzene rings is 2. The van der Waals surface area contributed by atoms with Gasteiger partial charge in [0.1, 0.15) is 11.5 Å². The van der Waals surface area contributed by atoms with Gasteiger partial charge in [-0.1, -0.05) is 44.4 Å². The zero-order valence-electron chi connectivity index (χ0n) is 19.5. The fourth-order valence-corrected chi connectivity index (χ4v) is 4.18. The summed E-state index contributed by atoms with van der Waals surface area (Å²) in [7, 11) is 0. The summed E-state index contributed by atoms with van der Waals surface area (Å²) in [4.78, 5) is 10.8. The van der Waals surface area contributed by atoms with Crippen molar-refractivity contribution < 1.29 is 19.4 Å². The molecule has 1 heterocycles. The number of aromatic nitrogens is 1. The average Bonchev–Trinajstić information content (AvgIpc) is 3.13. The Kier molecular flexibility index (Phi) is 9.44. The van der Waals surface area contributed by atoms with E-state index >= 15 is 0 Å². The summed E-state index contributed by atoms with van der Waals surface area (Å²) in [6, 6.07) is 14.6. The van der Waals surface area contributed by atoms with Crippen LogP contribution in [0.25, 0.3) is 21.8 Å². The fourth-order valence-electron chi connectivity index (χ4n) is 4.18. The third-order valence-electron chi connectivity index (χ3n) is 5.74. The van der Waals surface area contributed by atoms with E-state index in [0.717, 1.165) is 61.7 Å². The highest BCUT2D eigenvalue weighted by Crippen LogP contribution is 2.39. The number of aliphatic carboxylic acids is 1. The maximum absolute atomic E-state index is 10.8. The van der Waals surface area contributed by atoms with E-state index in [-0.39, 0.29) is 6.42 Å². The summed E-state index contributed by atoms with van der Waals surface area (Å²) < 4.78 is 14.4. The minimum atomic E-state index is -0.811. The van der Waals surface area contributed by atoms with Gasteiger partial charge in [-0.3, -0.25) is 4.79 Å². The number of para-hydroxylation sites is 1. The first-order valence-electron chi connectivity index (χ1n) is 12.0. The van der Waals surface area contributed by atoms with Crippen molar-refractivity contribution in [3.05, 3.63) is 36.4 Å². The number of carboxylic acid groups (broad SMARTS) is 1. The summed E-state index contributed by atoms with van der Waals surface area (Å²) in [5, 5.41) is 19.8. The smallest absolute Gasteiger partial charge is 0.303 e. The van der Waals surface area contributed by atoms with Crippen molar-refractivity contribution in [1.29, 1.82) is 5.26 Å². The van der Waals surface area contributed by atoms with Gasteiger partial charge in [-0.05, 0) is 37.8 Å². The minimum absolute atomic E-state index is 0.0945.